The monoisotopic (exact) mass is 305 g/mol. The van der Waals surface area contributed by atoms with E-state index in [0.29, 0.717) is 19.8 Å². The lowest BCUT2D eigenvalue weighted by Gasteiger charge is -2.09. The van der Waals surface area contributed by atoms with Gasteiger partial charge in [0.25, 0.3) is 0 Å². The summed E-state index contributed by atoms with van der Waals surface area (Å²) < 4.78 is 11.2. The molecule has 21 heavy (non-hydrogen) atoms. The van der Waals surface area contributed by atoms with Gasteiger partial charge < -0.3 is 14.8 Å². The third-order valence-corrected chi connectivity index (χ3v) is 3.38. The van der Waals surface area contributed by atoms with Crippen molar-refractivity contribution in [3.63, 3.8) is 0 Å². The van der Waals surface area contributed by atoms with Gasteiger partial charge in [0.15, 0.2) is 0 Å². The molecule has 0 spiro atoms. The van der Waals surface area contributed by atoms with Crippen LogP contribution in [0.2, 0.25) is 5.02 Å². The van der Waals surface area contributed by atoms with Gasteiger partial charge in [-0.1, -0.05) is 41.9 Å². The van der Waals surface area contributed by atoms with Gasteiger partial charge >= 0.3 is 0 Å². The van der Waals surface area contributed by atoms with Crippen molar-refractivity contribution in [1.29, 1.82) is 0 Å². The number of halogens is 1. The van der Waals surface area contributed by atoms with Gasteiger partial charge in [-0.3, -0.25) is 0 Å². The van der Waals surface area contributed by atoms with Gasteiger partial charge in [0.05, 0.1) is 13.2 Å². The summed E-state index contributed by atoms with van der Waals surface area (Å²) in [6.07, 6.45) is 0. The van der Waals surface area contributed by atoms with Crippen molar-refractivity contribution >= 4 is 11.6 Å². The lowest BCUT2D eigenvalue weighted by Crippen LogP contribution is -2.07. The lowest BCUT2D eigenvalue weighted by atomic mass is 10.2. The molecule has 0 saturated carbocycles. The van der Waals surface area contributed by atoms with Crippen molar-refractivity contribution in [2.45, 2.75) is 13.2 Å². The van der Waals surface area contributed by atoms with Crippen LogP contribution >= 0.6 is 11.6 Å². The maximum absolute atomic E-state index is 6.06. The van der Waals surface area contributed by atoms with E-state index in [1.807, 2.05) is 43.4 Å². The third-order valence-electron chi connectivity index (χ3n) is 3.02. The highest BCUT2D eigenvalue weighted by molar-refractivity contribution is 6.31. The van der Waals surface area contributed by atoms with Crippen LogP contribution in [0.4, 0.5) is 0 Å². The zero-order chi connectivity index (χ0) is 14.9. The van der Waals surface area contributed by atoms with Crippen LogP contribution in [-0.2, 0) is 17.9 Å². The molecule has 0 aliphatic heterocycles. The highest BCUT2D eigenvalue weighted by atomic mass is 35.5. The van der Waals surface area contributed by atoms with Crippen LogP contribution in [0.25, 0.3) is 0 Å². The highest BCUT2D eigenvalue weighted by Crippen LogP contribution is 2.16. The molecule has 112 valence electrons. The van der Waals surface area contributed by atoms with Crippen LogP contribution in [-0.4, -0.2) is 20.3 Å². The molecule has 0 atom stereocenters. The first-order valence-electron chi connectivity index (χ1n) is 6.97. The fourth-order valence-electron chi connectivity index (χ4n) is 1.92. The molecule has 0 aliphatic carbocycles. The van der Waals surface area contributed by atoms with Crippen molar-refractivity contribution in [1.82, 2.24) is 5.32 Å². The van der Waals surface area contributed by atoms with Crippen LogP contribution in [0.5, 0.6) is 5.75 Å². The Morgan fingerprint density at radius 3 is 2.48 bits per heavy atom. The molecule has 0 aliphatic rings. The zero-order valence-corrected chi connectivity index (χ0v) is 12.9. The molecule has 0 unspecified atom stereocenters. The summed E-state index contributed by atoms with van der Waals surface area (Å²) in [6.45, 7) is 2.42. The molecule has 0 heterocycles. The summed E-state index contributed by atoms with van der Waals surface area (Å²) in [5, 5.41) is 3.85. The molecular formula is C17H20ClNO2. The second kappa shape index (κ2) is 8.67. The van der Waals surface area contributed by atoms with Crippen LogP contribution in [0.3, 0.4) is 0 Å². The van der Waals surface area contributed by atoms with Gasteiger partial charge in [-0.25, -0.2) is 0 Å². The van der Waals surface area contributed by atoms with Gasteiger partial charge in [0, 0.05) is 11.6 Å². The lowest BCUT2D eigenvalue weighted by molar-refractivity contribution is 0.0889. The third kappa shape index (κ3) is 5.38. The Bertz CT molecular complexity index is 543. The van der Waals surface area contributed by atoms with Crippen molar-refractivity contribution in [2.75, 3.05) is 20.3 Å². The average molecular weight is 306 g/mol. The fourth-order valence-corrected chi connectivity index (χ4v) is 2.11. The molecule has 2 aromatic rings. The molecule has 2 rings (SSSR count). The number of rotatable bonds is 8. The predicted molar refractivity (Wildman–Crippen MR) is 85.8 cm³/mol. The molecule has 0 saturated heterocycles. The van der Waals surface area contributed by atoms with Gasteiger partial charge in [-0.2, -0.15) is 0 Å². The SMILES string of the molecule is CNCc1ccc(OCCOCc2ccccc2Cl)cc1. The van der Waals surface area contributed by atoms with E-state index >= 15 is 0 Å². The molecule has 2 aromatic carbocycles. The van der Waals surface area contributed by atoms with E-state index < -0.39 is 0 Å². The minimum atomic E-state index is 0.504. The van der Waals surface area contributed by atoms with E-state index in [2.05, 4.69) is 17.4 Å². The second-order valence-corrected chi connectivity index (χ2v) is 5.07. The Morgan fingerprint density at radius 1 is 1.00 bits per heavy atom. The molecule has 3 nitrogen and oxygen atoms in total. The summed E-state index contributed by atoms with van der Waals surface area (Å²) in [5.74, 6) is 0.858. The minimum Gasteiger partial charge on any atom is -0.491 e. The first-order valence-corrected chi connectivity index (χ1v) is 7.35. The van der Waals surface area contributed by atoms with E-state index in [0.717, 1.165) is 22.9 Å². The van der Waals surface area contributed by atoms with Crippen LogP contribution in [0, 0.1) is 0 Å². The maximum atomic E-state index is 6.06. The zero-order valence-electron chi connectivity index (χ0n) is 12.1. The maximum Gasteiger partial charge on any atom is 0.119 e. The van der Waals surface area contributed by atoms with E-state index in [9.17, 15) is 0 Å². The van der Waals surface area contributed by atoms with E-state index in [1.165, 1.54) is 5.56 Å². The van der Waals surface area contributed by atoms with Crippen molar-refractivity contribution in [3.8, 4) is 5.75 Å². The normalized spacial score (nSPS) is 10.6. The Kier molecular flexibility index (Phi) is 6.54. The van der Waals surface area contributed by atoms with E-state index in [4.69, 9.17) is 21.1 Å². The average Bonchev–Trinajstić information content (AvgIpc) is 2.51. The van der Waals surface area contributed by atoms with Gasteiger partial charge in [0.1, 0.15) is 12.4 Å². The summed E-state index contributed by atoms with van der Waals surface area (Å²) in [4.78, 5) is 0. The predicted octanol–water partition coefficient (Wildman–Crippen LogP) is 3.66. The number of nitrogens with one attached hydrogen (secondary N) is 1. The fraction of sp³-hybridized carbons (Fsp3) is 0.294. The Morgan fingerprint density at radius 2 is 1.76 bits per heavy atom. The molecule has 0 aromatic heterocycles. The van der Waals surface area contributed by atoms with Crippen LogP contribution < -0.4 is 10.1 Å². The quantitative estimate of drug-likeness (QED) is 0.755. The van der Waals surface area contributed by atoms with Crippen LogP contribution in [0.1, 0.15) is 11.1 Å². The second-order valence-electron chi connectivity index (χ2n) is 4.67. The van der Waals surface area contributed by atoms with Crippen molar-refractivity contribution in [3.05, 3.63) is 64.7 Å². The highest BCUT2D eigenvalue weighted by Gasteiger charge is 1.99. The summed E-state index contributed by atoms with van der Waals surface area (Å²) in [7, 11) is 1.93. The van der Waals surface area contributed by atoms with Crippen molar-refractivity contribution < 1.29 is 9.47 Å². The van der Waals surface area contributed by atoms with E-state index in [-0.39, 0.29) is 0 Å². The molecule has 0 bridgehead atoms. The van der Waals surface area contributed by atoms with Gasteiger partial charge in [0.2, 0.25) is 0 Å². The smallest absolute Gasteiger partial charge is 0.119 e. The Hall–Kier alpha value is -1.55. The Balaban J connectivity index is 1.66. The number of hydrogen-bond donors (Lipinski definition) is 1. The van der Waals surface area contributed by atoms with Gasteiger partial charge in [-0.05, 0) is 36.4 Å². The van der Waals surface area contributed by atoms with Gasteiger partial charge in [-0.15, -0.1) is 0 Å². The minimum absolute atomic E-state index is 0.504. The first kappa shape index (κ1) is 15.8. The van der Waals surface area contributed by atoms with Crippen molar-refractivity contribution in [2.24, 2.45) is 0 Å². The molecule has 0 radical (unpaired) electrons. The summed E-state index contributed by atoms with van der Waals surface area (Å²) in [6, 6.07) is 15.7. The summed E-state index contributed by atoms with van der Waals surface area (Å²) in [5.41, 5.74) is 2.23. The molecule has 1 N–H and O–H groups in total. The largest absolute Gasteiger partial charge is 0.491 e. The summed E-state index contributed by atoms with van der Waals surface area (Å²) >= 11 is 6.06. The molecular weight excluding hydrogens is 286 g/mol. The number of benzene rings is 2. The first-order chi connectivity index (χ1) is 10.3. The number of ether oxygens (including phenoxy) is 2. The molecule has 0 fully saturated rings. The topological polar surface area (TPSA) is 30.5 Å². The van der Waals surface area contributed by atoms with E-state index in [1.54, 1.807) is 0 Å². The Labute approximate surface area is 130 Å². The van der Waals surface area contributed by atoms with Crippen LogP contribution in [0.15, 0.2) is 48.5 Å². The molecule has 0 amide bonds. The molecule has 4 heteroatoms. The number of hydrogen-bond acceptors (Lipinski definition) is 3. The standard InChI is InChI=1S/C17H20ClNO2/c1-19-12-14-6-8-16(9-7-14)21-11-10-20-13-15-4-2-3-5-17(15)18/h2-9,19H,10-13H2,1H3.